The summed E-state index contributed by atoms with van der Waals surface area (Å²) >= 11 is 5.77. The lowest BCUT2D eigenvalue weighted by molar-refractivity contribution is 0.496. The van der Waals surface area contributed by atoms with Gasteiger partial charge >= 0.3 is 0 Å². The maximum Gasteiger partial charge on any atom is 0.146 e. The molecule has 0 saturated carbocycles. The van der Waals surface area contributed by atoms with Crippen LogP contribution in [-0.4, -0.2) is 11.5 Å². The molecule has 0 amide bonds. The van der Waals surface area contributed by atoms with Crippen LogP contribution in [0.25, 0.3) is 0 Å². The van der Waals surface area contributed by atoms with Gasteiger partial charge in [0, 0.05) is 17.8 Å². The maximum absolute atomic E-state index is 14.0. The average Bonchev–Trinajstić information content (AvgIpc) is 2.44. The Kier molecular flexibility index (Phi) is 5.04. The van der Waals surface area contributed by atoms with E-state index in [-0.39, 0.29) is 11.1 Å². The van der Waals surface area contributed by atoms with E-state index in [9.17, 15) is 8.78 Å². The van der Waals surface area contributed by atoms with Gasteiger partial charge in [0.15, 0.2) is 0 Å². The van der Waals surface area contributed by atoms with Crippen LogP contribution in [0.3, 0.4) is 0 Å². The van der Waals surface area contributed by atoms with Gasteiger partial charge in [-0.15, -0.1) is 0 Å². The van der Waals surface area contributed by atoms with Crippen LogP contribution in [0.4, 0.5) is 8.78 Å². The van der Waals surface area contributed by atoms with E-state index in [1.54, 1.807) is 18.2 Å². The zero-order valence-corrected chi connectivity index (χ0v) is 11.8. The second-order valence-electron chi connectivity index (χ2n) is 4.42. The molecule has 1 aromatic heterocycles. The molecule has 1 aromatic carbocycles. The predicted molar refractivity (Wildman–Crippen MR) is 75.7 cm³/mol. The van der Waals surface area contributed by atoms with Crippen LogP contribution in [0, 0.1) is 11.6 Å². The van der Waals surface area contributed by atoms with Gasteiger partial charge in [-0.05, 0) is 30.7 Å². The lowest BCUT2D eigenvalue weighted by atomic mass is 9.99. The van der Waals surface area contributed by atoms with Crippen LogP contribution in [0.1, 0.15) is 24.1 Å². The average molecular weight is 297 g/mol. The Hall–Kier alpha value is -1.52. The molecule has 1 heterocycles. The summed E-state index contributed by atoms with van der Waals surface area (Å²) in [5, 5.41) is 3.23. The Balaban J connectivity index is 2.31. The molecule has 0 radical (unpaired) electrons. The second kappa shape index (κ2) is 6.77. The zero-order chi connectivity index (χ0) is 14.5. The van der Waals surface area contributed by atoms with E-state index >= 15 is 0 Å². The highest BCUT2D eigenvalue weighted by Gasteiger charge is 2.18. The topological polar surface area (TPSA) is 24.9 Å². The lowest BCUT2D eigenvalue weighted by Crippen LogP contribution is -2.24. The molecule has 0 bridgehead atoms. The Labute approximate surface area is 121 Å². The molecule has 1 atom stereocenters. The summed E-state index contributed by atoms with van der Waals surface area (Å²) in [4.78, 5) is 3.73. The van der Waals surface area contributed by atoms with Crippen LogP contribution in [-0.2, 0) is 6.42 Å². The fourth-order valence-electron chi connectivity index (χ4n) is 2.13. The SMILES string of the molecule is CCNC(Cc1cccc(Cl)c1F)c1ccncc1F. The van der Waals surface area contributed by atoms with Gasteiger partial charge in [-0.2, -0.15) is 0 Å². The first-order chi connectivity index (χ1) is 9.63. The molecular weight excluding hydrogens is 282 g/mol. The maximum atomic E-state index is 14.0. The van der Waals surface area contributed by atoms with Crippen molar-refractivity contribution in [1.29, 1.82) is 0 Å². The highest BCUT2D eigenvalue weighted by Crippen LogP contribution is 2.25. The summed E-state index contributed by atoms with van der Waals surface area (Å²) < 4.78 is 27.8. The van der Waals surface area contributed by atoms with Crippen LogP contribution in [0.5, 0.6) is 0 Å². The summed E-state index contributed by atoms with van der Waals surface area (Å²) in [6.45, 7) is 2.56. The Bertz CT molecular complexity index is 590. The lowest BCUT2D eigenvalue weighted by Gasteiger charge is -2.19. The Morgan fingerprint density at radius 1 is 1.30 bits per heavy atom. The number of halogens is 3. The number of rotatable bonds is 5. The van der Waals surface area contributed by atoms with E-state index in [1.165, 1.54) is 12.3 Å². The van der Waals surface area contributed by atoms with Gasteiger partial charge in [0.2, 0.25) is 0 Å². The molecule has 0 fully saturated rings. The largest absolute Gasteiger partial charge is 0.310 e. The minimum Gasteiger partial charge on any atom is -0.310 e. The number of hydrogen-bond donors (Lipinski definition) is 1. The quantitative estimate of drug-likeness (QED) is 0.905. The minimum absolute atomic E-state index is 0.0768. The van der Waals surface area contributed by atoms with Gasteiger partial charge in [0.25, 0.3) is 0 Å². The molecule has 1 unspecified atom stereocenters. The van der Waals surface area contributed by atoms with Crippen LogP contribution >= 0.6 is 11.6 Å². The summed E-state index contributed by atoms with van der Waals surface area (Å²) in [5.41, 5.74) is 0.931. The molecule has 0 aliphatic carbocycles. The molecule has 0 spiro atoms. The highest BCUT2D eigenvalue weighted by atomic mass is 35.5. The molecule has 2 aromatic rings. The van der Waals surface area contributed by atoms with Crippen molar-refractivity contribution in [3.8, 4) is 0 Å². The first kappa shape index (κ1) is 14.9. The Morgan fingerprint density at radius 3 is 2.80 bits per heavy atom. The van der Waals surface area contributed by atoms with E-state index in [0.29, 0.717) is 24.1 Å². The van der Waals surface area contributed by atoms with Gasteiger partial charge in [0.05, 0.1) is 11.2 Å². The summed E-state index contributed by atoms with van der Waals surface area (Å²) in [6.07, 6.45) is 3.01. The highest BCUT2D eigenvalue weighted by molar-refractivity contribution is 6.30. The van der Waals surface area contributed by atoms with E-state index < -0.39 is 11.6 Å². The van der Waals surface area contributed by atoms with Crippen molar-refractivity contribution in [3.05, 3.63) is 64.4 Å². The van der Waals surface area contributed by atoms with Crippen molar-refractivity contribution in [3.63, 3.8) is 0 Å². The third-order valence-electron chi connectivity index (χ3n) is 3.09. The third-order valence-corrected chi connectivity index (χ3v) is 3.38. The van der Waals surface area contributed by atoms with E-state index in [4.69, 9.17) is 11.6 Å². The van der Waals surface area contributed by atoms with Crippen molar-refractivity contribution in [2.24, 2.45) is 0 Å². The number of pyridine rings is 1. The number of benzene rings is 1. The molecule has 20 heavy (non-hydrogen) atoms. The van der Waals surface area contributed by atoms with Crippen molar-refractivity contribution in [1.82, 2.24) is 10.3 Å². The van der Waals surface area contributed by atoms with E-state index in [1.807, 2.05) is 6.92 Å². The number of likely N-dealkylation sites (N-methyl/N-ethyl adjacent to an activating group) is 1. The number of aromatic nitrogens is 1. The molecule has 0 aliphatic heterocycles. The smallest absolute Gasteiger partial charge is 0.146 e. The zero-order valence-electron chi connectivity index (χ0n) is 11.0. The standard InChI is InChI=1S/C15H15ClF2N2/c1-2-20-14(11-6-7-19-9-13(11)17)8-10-4-3-5-12(16)15(10)18/h3-7,9,14,20H,2,8H2,1H3. The molecule has 0 aliphatic rings. The van der Waals surface area contributed by atoms with Gasteiger partial charge in [-0.1, -0.05) is 30.7 Å². The fraction of sp³-hybridized carbons (Fsp3) is 0.267. The monoisotopic (exact) mass is 296 g/mol. The van der Waals surface area contributed by atoms with Gasteiger partial charge in [-0.25, -0.2) is 8.78 Å². The Morgan fingerprint density at radius 2 is 2.10 bits per heavy atom. The van der Waals surface area contributed by atoms with Crippen molar-refractivity contribution in [2.45, 2.75) is 19.4 Å². The number of nitrogens with one attached hydrogen (secondary N) is 1. The second-order valence-corrected chi connectivity index (χ2v) is 4.83. The van der Waals surface area contributed by atoms with Crippen molar-refractivity contribution < 1.29 is 8.78 Å². The third kappa shape index (κ3) is 3.32. The molecule has 2 rings (SSSR count). The normalized spacial score (nSPS) is 12.4. The summed E-state index contributed by atoms with van der Waals surface area (Å²) in [6, 6.07) is 6.12. The van der Waals surface area contributed by atoms with Gasteiger partial charge in [0.1, 0.15) is 11.6 Å². The van der Waals surface area contributed by atoms with E-state index in [0.717, 1.165) is 6.20 Å². The van der Waals surface area contributed by atoms with Crippen molar-refractivity contribution in [2.75, 3.05) is 6.54 Å². The molecular formula is C15H15ClF2N2. The summed E-state index contributed by atoms with van der Waals surface area (Å²) in [5.74, 6) is -0.854. The van der Waals surface area contributed by atoms with Gasteiger partial charge in [-0.3, -0.25) is 4.98 Å². The van der Waals surface area contributed by atoms with Crippen LogP contribution < -0.4 is 5.32 Å². The predicted octanol–water partition coefficient (Wildman–Crippen LogP) is 3.91. The molecule has 5 heteroatoms. The molecule has 1 N–H and O–H groups in total. The first-order valence-electron chi connectivity index (χ1n) is 6.39. The number of hydrogen-bond acceptors (Lipinski definition) is 2. The van der Waals surface area contributed by atoms with Crippen molar-refractivity contribution >= 4 is 11.6 Å². The molecule has 2 nitrogen and oxygen atoms in total. The first-order valence-corrected chi connectivity index (χ1v) is 6.77. The molecule has 106 valence electrons. The minimum atomic E-state index is -0.452. The molecule has 0 saturated heterocycles. The summed E-state index contributed by atoms with van der Waals surface area (Å²) in [7, 11) is 0. The van der Waals surface area contributed by atoms with Crippen LogP contribution in [0.15, 0.2) is 36.7 Å². The number of nitrogens with zero attached hydrogens (tertiary/aromatic N) is 1. The van der Waals surface area contributed by atoms with Crippen LogP contribution in [0.2, 0.25) is 5.02 Å². The van der Waals surface area contributed by atoms with E-state index in [2.05, 4.69) is 10.3 Å². The fourth-order valence-corrected chi connectivity index (χ4v) is 2.33. The van der Waals surface area contributed by atoms with Gasteiger partial charge < -0.3 is 5.32 Å².